The maximum Gasteiger partial charge on any atom is 0.281 e. The molecule has 3 atom stereocenters. The highest BCUT2D eigenvalue weighted by molar-refractivity contribution is 7.86. The first-order chi connectivity index (χ1) is 9.09. The predicted octanol–water partition coefficient (Wildman–Crippen LogP) is 0.810. The van der Waals surface area contributed by atoms with Crippen molar-refractivity contribution >= 4 is 10.2 Å². The summed E-state index contributed by atoms with van der Waals surface area (Å²) in [6, 6.07) is 0. The number of fused-ring (bicyclic) bond motifs is 1. The molecule has 110 valence electrons. The SMILES string of the molecule is O=S(=O)(N1CCCCCC1)N1CC2CCC(O)C2C1. The van der Waals surface area contributed by atoms with E-state index < -0.39 is 10.2 Å². The highest BCUT2D eigenvalue weighted by atomic mass is 32.2. The Morgan fingerprint density at radius 2 is 1.58 bits per heavy atom. The molecule has 2 saturated heterocycles. The van der Waals surface area contributed by atoms with Gasteiger partial charge in [-0.25, -0.2) is 0 Å². The zero-order valence-corrected chi connectivity index (χ0v) is 12.2. The molecule has 5 nitrogen and oxygen atoms in total. The van der Waals surface area contributed by atoms with Gasteiger partial charge < -0.3 is 5.11 Å². The fraction of sp³-hybridized carbons (Fsp3) is 1.00. The summed E-state index contributed by atoms with van der Waals surface area (Å²) < 4.78 is 28.6. The molecule has 19 heavy (non-hydrogen) atoms. The van der Waals surface area contributed by atoms with Crippen LogP contribution in [0.25, 0.3) is 0 Å². The number of aliphatic hydroxyl groups excluding tert-OH is 1. The van der Waals surface area contributed by atoms with Gasteiger partial charge in [-0.15, -0.1) is 0 Å². The van der Waals surface area contributed by atoms with E-state index in [4.69, 9.17) is 0 Å². The molecule has 0 bridgehead atoms. The molecule has 0 radical (unpaired) electrons. The van der Waals surface area contributed by atoms with Crippen LogP contribution in [-0.4, -0.2) is 54.4 Å². The van der Waals surface area contributed by atoms with E-state index >= 15 is 0 Å². The van der Waals surface area contributed by atoms with Crippen molar-refractivity contribution in [3.05, 3.63) is 0 Å². The van der Waals surface area contributed by atoms with E-state index in [0.29, 0.717) is 32.1 Å². The average molecular weight is 288 g/mol. The van der Waals surface area contributed by atoms with Crippen LogP contribution in [0.1, 0.15) is 38.5 Å². The summed E-state index contributed by atoms with van der Waals surface area (Å²) in [6.07, 6.45) is 5.73. The molecule has 2 aliphatic heterocycles. The van der Waals surface area contributed by atoms with Crippen molar-refractivity contribution < 1.29 is 13.5 Å². The lowest BCUT2D eigenvalue weighted by molar-refractivity contribution is 0.129. The number of hydrogen-bond acceptors (Lipinski definition) is 3. The van der Waals surface area contributed by atoms with E-state index in [1.54, 1.807) is 8.61 Å². The lowest BCUT2D eigenvalue weighted by Gasteiger charge is -2.26. The molecule has 1 aliphatic carbocycles. The third kappa shape index (κ3) is 2.55. The Morgan fingerprint density at radius 3 is 2.21 bits per heavy atom. The first-order valence-corrected chi connectivity index (χ1v) is 8.92. The summed E-state index contributed by atoms with van der Waals surface area (Å²) in [6.45, 7) is 2.46. The van der Waals surface area contributed by atoms with Gasteiger partial charge in [-0.2, -0.15) is 17.0 Å². The van der Waals surface area contributed by atoms with Gasteiger partial charge in [-0.3, -0.25) is 0 Å². The second-order valence-corrected chi connectivity index (χ2v) is 8.14. The van der Waals surface area contributed by atoms with E-state index in [0.717, 1.165) is 38.5 Å². The molecule has 3 aliphatic rings. The molecule has 2 heterocycles. The summed E-state index contributed by atoms with van der Waals surface area (Å²) >= 11 is 0. The molecule has 3 rings (SSSR count). The second kappa shape index (κ2) is 5.31. The van der Waals surface area contributed by atoms with Crippen molar-refractivity contribution in [2.75, 3.05) is 26.2 Å². The minimum absolute atomic E-state index is 0.168. The molecule has 0 amide bonds. The molecule has 1 saturated carbocycles. The Kier molecular flexibility index (Phi) is 3.86. The highest BCUT2D eigenvalue weighted by Crippen LogP contribution is 2.39. The monoisotopic (exact) mass is 288 g/mol. The first kappa shape index (κ1) is 13.8. The van der Waals surface area contributed by atoms with Crippen molar-refractivity contribution in [2.24, 2.45) is 11.8 Å². The highest BCUT2D eigenvalue weighted by Gasteiger charge is 2.46. The zero-order chi connectivity index (χ0) is 13.5. The van der Waals surface area contributed by atoms with Crippen molar-refractivity contribution in [1.82, 2.24) is 8.61 Å². The number of aliphatic hydroxyl groups is 1. The number of rotatable bonds is 2. The van der Waals surface area contributed by atoms with Crippen molar-refractivity contribution in [2.45, 2.75) is 44.6 Å². The van der Waals surface area contributed by atoms with Gasteiger partial charge in [-0.05, 0) is 31.6 Å². The van der Waals surface area contributed by atoms with E-state index in [-0.39, 0.29) is 12.0 Å². The molecular weight excluding hydrogens is 264 g/mol. The molecule has 3 unspecified atom stereocenters. The Labute approximate surface area is 115 Å². The Bertz CT molecular complexity index is 418. The lowest BCUT2D eigenvalue weighted by Crippen LogP contribution is -2.43. The van der Waals surface area contributed by atoms with E-state index in [1.807, 2.05) is 0 Å². The molecule has 0 aromatic rings. The molecule has 0 spiro atoms. The van der Waals surface area contributed by atoms with Gasteiger partial charge in [0.15, 0.2) is 0 Å². The van der Waals surface area contributed by atoms with Crippen LogP contribution in [0.3, 0.4) is 0 Å². The normalized spacial score (nSPS) is 38.3. The summed E-state index contributed by atoms with van der Waals surface area (Å²) in [5.74, 6) is 0.540. The quantitative estimate of drug-likeness (QED) is 0.818. The third-order valence-electron chi connectivity index (χ3n) is 5.00. The molecule has 0 aromatic heterocycles. The summed E-state index contributed by atoms with van der Waals surface area (Å²) in [4.78, 5) is 0. The molecule has 1 N–H and O–H groups in total. The van der Waals surface area contributed by atoms with Gasteiger partial charge in [0.05, 0.1) is 6.10 Å². The number of hydrogen-bond donors (Lipinski definition) is 1. The van der Waals surface area contributed by atoms with Crippen molar-refractivity contribution in [3.8, 4) is 0 Å². The second-order valence-electron chi connectivity index (χ2n) is 6.21. The molecule has 0 aromatic carbocycles. The van der Waals surface area contributed by atoms with E-state index in [2.05, 4.69) is 0 Å². The molecule has 3 fully saturated rings. The van der Waals surface area contributed by atoms with Crippen LogP contribution in [0.4, 0.5) is 0 Å². The zero-order valence-electron chi connectivity index (χ0n) is 11.4. The average Bonchev–Trinajstić information content (AvgIpc) is 2.81. The largest absolute Gasteiger partial charge is 0.393 e. The Morgan fingerprint density at radius 1 is 0.895 bits per heavy atom. The summed E-state index contributed by atoms with van der Waals surface area (Å²) in [7, 11) is -3.30. The fourth-order valence-electron chi connectivity index (χ4n) is 3.82. The van der Waals surface area contributed by atoms with Crippen molar-refractivity contribution in [3.63, 3.8) is 0 Å². The standard InChI is InChI=1S/C13H24N2O3S/c16-13-6-5-11-9-15(10-12(11)13)19(17,18)14-7-3-1-2-4-8-14/h11-13,16H,1-10H2. The van der Waals surface area contributed by atoms with Crippen LogP contribution in [0, 0.1) is 11.8 Å². The van der Waals surface area contributed by atoms with Gasteiger partial charge >= 0.3 is 0 Å². The van der Waals surface area contributed by atoms with Crippen LogP contribution < -0.4 is 0 Å². The maximum absolute atomic E-state index is 12.6. The van der Waals surface area contributed by atoms with Crippen LogP contribution in [-0.2, 0) is 10.2 Å². The lowest BCUT2D eigenvalue weighted by atomic mass is 10.00. The van der Waals surface area contributed by atoms with Crippen molar-refractivity contribution in [1.29, 1.82) is 0 Å². The molecule has 6 heteroatoms. The number of nitrogens with zero attached hydrogens (tertiary/aromatic N) is 2. The maximum atomic E-state index is 12.6. The predicted molar refractivity (Wildman–Crippen MR) is 72.8 cm³/mol. The van der Waals surface area contributed by atoms with Crippen LogP contribution >= 0.6 is 0 Å². The van der Waals surface area contributed by atoms with Gasteiger partial charge in [0.25, 0.3) is 10.2 Å². The van der Waals surface area contributed by atoms with E-state index in [9.17, 15) is 13.5 Å². The van der Waals surface area contributed by atoms with Gasteiger partial charge in [0.2, 0.25) is 0 Å². The summed E-state index contributed by atoms with van der Waals surface area (Å²) in [5.41, 5.74) is 0. The third-order valence-corrected chi connectivity index (χ3v) is 6.97. The Hall–Kier alpha value is -0.170. The van der Waals surface area contributed by atoms with Crippen LogP contribution in [0.2, 0.25) is 0 Å². The van der Waals surface area contributed by atoms with Crippen LogP contribution in [0.15, 0.2) is 0 Å². The van der Waals surface area contributed by atoms with Gasteiger partial charge in [0.1, 0.15) is 0 Å². The van der Waals surface area contributed by atoms with Gasteiger partial charge in [-0.1, -0.05) is 12.8 Å². The summed E-state index contributed by atoms with van der Waals surface area (Å²) in [5, 5.41) is 9.90. The first-order valence-electron chi connectivity index (χ1n) is 7.52. The molecular formula is C13H24N2O3S. The topological polar surface area (TPSA) is 60.9 Å². The smallest absolute Gasteiger partial charge is 0.281 e. The minimum Gasteiger partial charge on any atom is -0.393 e. The fourth-order valence-corrected chi connectivity index (χ4v) is 5.61. The van der Waals surface area contributed by atoms with Gasteiger partial charge in [0, 0.05) is 32.1 Å². The van der Waals surface area contributed by atoms with E-state index in [1.165, 1.54) is 0 Å². The minimum atomic E-state index is -3.30. The van der Waals surface area contributed by atoms with Crippen LogP contribution in [0.5, 0.6) is 0 Å². The Balaban J connectivity index is 1.71.